The lowest BCUT2D eigenvalue weighted by Crippen LogP contribution is -2.51. The molecule has 1 aliphatic rings. The summed E-state index contributed by atoms with van der Waals surface area (Å²) in [5, 5.41) is 11.8. The molecule has 1 saturated carbocycles. The first-order valence-electron chi connectivity index (χ1n) is 4.65. The lowest BCUT2D eigenvalue weighted by atomic mass is 9.82. The zero-order valence-corrected chi connectivity index (χ0v) is 8.21. The molecule has 4 nitrogen and oxygen atoms in total. The number of hydrogen-bond donors (Lipinski definition) is 3. The second-order valence-electron chi connectivity index (χ2n) is 4.42. The molecule has 0 aromatic heterocycles. The Morgan fingerprint density at radius 1 is 1.62 bits per heavy atom. The van der Waals surface area contributed by atoms with Crippen molar-refractivity contribution in [3.8, 4) is 0 Å². The zero-order valence-electron chi connectivity index (χ0n) is 8.21. The van der Waals surface area contributed by atoms with Gasteiger partial charge in [-0.1, -0.05) is 0 Å². The van der Waals surface area contributed by atoms with Gasteiger partial charge in [0.1, 0.15) is 0 Å². The lowest BCUT2D eigenvalue weighted by molar-refractivity contribution is -0.125. The fourth-order valence-corrected chi connectivity index (χ4v) is 1.33. The molecule has 0 aromatic carbocycles. The minimum absolute atomic E-state index is 0.131. The number of hydrogen-bond acceptors (Lipinski definition) is 3. The summed E-state index contributed by atoms with van der Waals surface area (Å²) in [7, 11) is 0. The van der Waals surface area contributed by atoms with Crippen LogP contribution in [0.1, 0.15) is 26.7 Å². The van der Waals surface area contributed by atoms with Crippen LogP contribution in [0.4, 0.5) is 0 Å². The van der Waals surface area contributed by atoms with Gasteiger partial charge in [0.2, 0.25) is 5.91 Å². The molecule has 1 aliphatic carbocycles. The minimum Gasteiger partial charge on any atom is -0.393 e. The predicted octanol–water partition coefficient (Wildman–Crippen LogP) is -0.389. The van der Waals surface area contributed by atoms with Crippen LogP contribution < -0.4 is 11.1 Å². The van der Waals surface area contributed by atoms with Crippen LogP contribution in [0, 0.1) is 5.92 Å². The Morgan fingerprint density at radius 3 is 2.54 bits per heavy atom. The lowest BCUT2D eigenvalue weighted by Gasteiger charge is -2.32. The third-order valence-corrected chi connectivity index (χ3v) is 2.35. The highest BCUT2D eigenvalue weighted by Gasteiger charge is 2.29. The van der Waals surface area contributed by atoms with E-state index in [9.17, 15) is 4.79 Å². The number of rotatable bonds is 3. The highest BCUT2D eigenvalue weighted by atomic mass is 16.3. The molecule has 4 N–H and O–H groups in total. The Labute approximate surface area is 78.5 Å². The molecule has 76 valence electrons. The van der Waals surface area contributed by atoms with Crippen molar-refractivity contribution in [3.05, 3.63) is 0 Å². The van der Waals surface area contributed by atoms with Crippen molar-refractivity contribution in [1.29, 1.82) is 0 Å². The summed E-state index contributed by atoms with van der Waals surface area (Å²) < 4.78 is 0. The number of carbonyl (C=O) groups is 1. The van der Waals surface area contributed by atoms with Crippen molar-refractivity contribution in [2.45, 2.75) is 38.3 Å². The Hall–Kier alpha value is -0.610. The Bertz CT molecular complexity index is 192. The van der Waals surface area contributed by atoms with Gasteiger partial charge in [-0.2, -0.15) is 0 Å². The molecule has 1 fully saturated rings. The van der Waals surface area contributed by atoms with Crippen molar-refractivity contribution in [2.24, 2.45) is 11.7 Å². The summed E-state index contributed by atoms with van der Waals surface area (Å²) >= 11 is 0. The normalized spacial score (nSPS) is 28.0. The first-order valence-corrected chi connectivity index (χ1v) is 4.65. The molecule has 1 rings (SSSR count). The fraction of sp³-hybridized carbons (Fsp3) is 0.889. The summed E-state index contributed by atoms with van der Waals surface area (Å²) in [6.45, 7) is 3.99. The van der Waals surface area contributed by atoms with Gasteiger partial charge in [0.15, 0.2) is 0 Å². The average Bonchev–Trinajstić information content (AvgIpc) is 1.93. The van der Waals surface area contributed by atoms with E-state index in [0.717, 1.165) is 12.8 Å². The Balaban J connectivity index is 2.16. The van der Waals surface area contributed by atoms with Crippen molar-refractivity contribution < 1.29 is 9.90 Å². The number of carbonyl (C=O) groups excluding carboxylic acids is 1. The molecule has 0 radical (unpaired) electrons. The first-order chi connectivity index (χ1) is 5.89. The topological polar surface area (TPSA) is 75.4 Å². The number of aliphatic hydroxyl groups excluding tert-OH is 1. The molecule has 13 heavy (non-hydrogen) atoms. The van der Waals surface area contributed by atoms with Crippen molar-refractivity contribution in [3.63, 3.8) is 0 Å². The SMILES string of the molecule is CC(C)(N)C(=O)NCC1CC(O)C1. The minimum atomic E-state index is -0.803. The molecule has 0 heterocycles. The summed E-state index contributed by atoms with van der Waals surface area (Å²) in [4.78, 5) is 11.3. The predicted molar refractivity (Wildman–Crippen MR) is 50.0 cm³/mol. The van der Waals surface area contributed by atoms with Crippen LogP contribution in [-0.4, -0.2) is 29.2 Å². The van der Waals surface area contributed by atoms with Crippen LogP contribution in [0.25, 0.3) is 0 Å². The van der Waals surface area contributed by atoms with Gasteiger partial charge in [0, 0.05) is 6.54 Å². The highest BCUT2D eigenvalue weighted by Crippen LogP contribution is 2.26. The third kappa shape index (κ3) is 2.97. The van der Waals surface area contributed by atoms with E-state index in [0.29, 0.717) is 12.5 Å². The van der Waals surface area contributed by atoms with Crippen molar-refractivity contribution in [1.82, 2.24) is 5.32 Å². The molecular formula is C9H18N2O2. The maximum atomic E-state index is 11.3. The first kappa shape index (κ1) is 10.5. The molecule has 1 amide bonds. The molecular weight excluding hydrogens is 168 g/mol. The van der Waals surface area contributed by atoms with Crippen LogP contribution in [0.15, 0.2) is 0 Å². The molecule has 0 aromatic rings. The summed E-state index contributed by atoms with van der Waals surface area (Å²) in [6.07, 6.45) is 1.43. The van der Waals surface area contributed by atoms with Crippen LogP contribution in [0.2, 0.25) is 0 Å². The van der Waals surface area contributed by atoms with Gasteiger partial charge in [-0.3, -0.25) is 4.79 Å². The van der Waals surface area contributed by atoms with Crippen LogP contribution in [0.5, 0.6) is 0 Å². The van der Waals surface area contributed by atoms with Gasteiger partial charge >= 0.3 is 0 Å². The zero-order chi connectivity index (χ0) is 10.1. The smallest absolute Gasteiger partial charge is 0.239 e. The second kappa shape index (κ2) is 3.64. The van der Waals surface area contributed by atoms with Gasteiger partial charge < -0.3 is 16.2 Å². The number of nitrogens with one attached hydrogen (secondary N) is 1. The number of nitrogens with two attached hydrogens (primary N) is 1. The maximum Gasteiger partial charge on any atom is 0.239 e. The summed E-state index contributed by atoms with van der Waals surface area (Å²) in [6, 6.07) is 0. The van der Waals surface area contributed by atoms with Gasteiger partial charge in [-0.15, -0.1) is 0 Å². The molecule has 4 heteroatoms. The van der Waals surface area contributed by atoms with Crippen molar-refractivity contribution in [2.75, 3.05) is 6.54 Å². The van der Waals surface area contributed by atoms with E-state index < -0.39 is 5.54 Å². The molecule has 0 saturated heterocycles. The van der Waals surface area contributed by atoms with Crippen LogP contribution >= 0.6 is 0 Å². The van der Waals surface area contributed by atoms with E-state index in [1.165, 1.54) is 0 Å². The van der Waals surface area contributed by atoms with Crippen molar-refractivity contribution >= 4 is 5.91 Å². The standard InChI is InChI=1S/C9H18N2O2/c1-9(2,10)8(13)11-5-6-3-7(12)4-6/h6-7,12H,3-5,10H2,1-2H3,(H,11,13). The molecule has 0 spiro atoms. The molecule has 0 atom stereocenters. The van der Waals surface area contributed by atoms with Gasteiger partial charge in [-0.25, -0.2) is 0 Å². The third-order valence-electron chi connectivity index (χ3n) is 2.35. The Kier molecular flexibility index (Phi) is 2.93. The van der Waals surface area contributed by atoms with E-state index in [1.54, 1.807) is 13.8 Å². The van der Waals surface area contributed by atoms with Gasteiger partial charge in [-0.05, 0) is 32.6 Å². The van der Waals surface area contributed by atoms with E-state index in [2.05, 4.69) is 5.32 Å². The number of aliphatic hydroxyl groups is 1. The second-order valence-corrected chi connectivity index (χ2v) is 4.42. The fourth-order valence-electron chi connectivity index (χ4n) is 1.33. The largest absolute Gasteiger partial charge is 0.393 e. The van der Waals surface area contributed by atoms with Gasteiger partial charge in [0.25, 0.3) is 0 Å². The highest BCUT2D eigenvalue weighted by molar-refractivity contribution is 5.84. The maximum absolute atomic E-state index is 11.3. The van der Waals surface area contributed by atoms with E-state index >= 15 is 0 Å². The molecule has 0 aliphatic heterocycles. The summed E-state index contributed by atoms with van der Waals surface area (Å²) in [5.41, 5.74) is 4.79. The van der Waals surface area contributed by atoms with Crippen LogP contribution in [0.3, 0.4) is 0 Å². The van der Waals surface area contributed by atoms with E-state index in [-0.39, 0.29) is 12.0 Å². The van der Waals surface area contributed by atoms with E-state index in [1.807, 2.05) is 0 Å². The number of amides is 1. The molecule has 0 unspecified atom stereocenters. The molecule has 0 bridgehead atoms. The average molecular weight is 186 g/mol. The van der Waals surface area contributed by atoms with Gasteiger partial charge in [0.05, 0.1) is 11.6 Å². The monoisotopic (exact) mass is 186 g/mol. The van der Waals surface area contributed by atoms with E-state index in [4.69, 9.17) is 10.8 Å². The quantitative estimate of drug-likeness (QED) is 0.562. The summed E-state index contributed by atoms with van der Waals surface area (Å²) in [5.74, 6) is 0.301. The Morgan fingerprint density at radius 2 is 2.15 bits per heavy atom. The van der Waals surface area contributed by atoms with Crippen LogP contribution in [-0.2, 0) is 4.79 Å².